The molecule has 0 spiro atoms. The van der Waals surface area contributed by atoms with Crippen LogP contribution >= 0.6 is 0 Å². The quantitative estimate of drug-likeness (QED) is 0.803. The largest absolute Gasteiger partial charge is 0.496 e. The van der Waals surface area contributed by atoms with Crippen LogP contribution in [0.1, 0.15) is 18.6 Å². The first-order valence-corrected chi connectivity index (χ1v) is 5.01. The highest BCUT2D eigenvalue weighted by Crippen LogP contribution is 2.32. The minimum absolute atomic E-state index is 0.289. The molecular weight excluding hydrogens is 206 g/mol. The molecule has 1 atom stereocenters. The number of nitrogens with one attached hydrogen (secondary N) is 1. The van der Waals surface area contributed by atoms with Crippen LogP contribution in [-0.4, -0.2) is 18.6 Å². The monoisotopic (exact) mass is 219 g/mol. The fraction of sp³-hybridized carbons (Fsp3) is 0.250. The van der Waals surface area contributed by atoms with Gasteiger partial charge in [0.05, 0.1) is 7.11 Å². The van der Waals surface area contributed by atoms with Gasteiger partial charge in [-0.15, -0.1) is 0 Å². The van der Waals surface area contributed by atoms with E-state index in [1.54, 1.807) is 7.11 Å². The number of aromatic nitrogens is 1. The van der Waals surface area contributed by atoms with E-state index < -0.39 is 0 Å². The van der Waals surface area contributed by atoms with Crippen molar-refractivity contribution in [3.63, 3.8) is 0 Å². The Morgan fingerprint density at radius 2 is 2.25 bits per heavy atom. The predicted octanol–water partition coefficient (Wildman–Crippen LogP) is 2.41. The second-order valence-corrected chi connectivity index (χ2v) is 3.50. The summed E-state index contributed by atoms with van der Waals surface area (Å²) >= 11 is 0. The van der Waals surface area contributed by atoms with Crippen LogP contribution in [0.5, 0.6) is 5.75 Å². The van der Waals surface area contributed by atoms with Crippen LogP contribution in [0, 0.1) is 0 Å². The van der Waals surface area contributed by atoms with Crippen molar-refractivity contribution in [3.8, 4) is 5.75 Å². The fourth-order valence-corrected chi connectivity index (χ4v) is 1.82. The molecule has 0 amide bonds. The average Bonchev–Trinajstić information content (AvgIpc) is 2.72. The van der Waals surface area contributed by atoms with Gasteiger partial charge < -0.3 is 14.5 Å². The highest BCUT2D eigenvalue weighted by Gasteiger charge is 2.15. The Hall–Kier alpha value is -1.97. The fourth-order valence-electron chi connectivity index (χ4n) is 1.82. The van der Waals surface area contributed by atoms with Crippen molar-refractivity contribution in [3.05, 3.63) is 30.0 Å². The SMILES string of the molecule is COc1cccc2[nH]cc(C(C)OC=O)c12. The highest BCUT2D eigenvalue weighted by atomic mass is 16.5. The Morgan fingerprint density at radius 3 is 2.94 bits per heavy atom. The molecular formula is C12H13NO3. The molecule has 1 heterocycles. The van der Waals surface area contributed by atoms with E-state index in [2.05, 4.69) is 4.98 Å². The Kier molecular flexibility index (Phi) is 2.81. The van der Waals surface area contributed by atoms with E-state index in [0.29, 0.717) is 6.47 Å². The molecule has 16 heavy (non-hydrogen) atoms. The minimum Gasteiger partial charge on any atom is -0.496 e. The van der Waals surface area contributed by atoms with Gasteiger partial charge in [0.15, 0.2) is 0 Å². The van der Waals surface area contributed by atoms with E-state index in [0.717, 1.165) is 22.2 Å². The van der Waals surface area contributed by atoms with Crippen molar-refractivity contribution in [1.29, 1.82) is 0 Å². The van der Waals surface area contributed by atoms with Crippen LogP contribution in [0.2, 0.25) is 0 Å². The molecule has 1 aromatic carbocycles. The van der Waals surface area contributed by atoms with Crippen LogP contribution in [0.4, 0.5) is 0 Å². The minimum atomic E-state index is -0.289. The molecule has 4 nitrogen and oxygen atoms in total. The number of hydrogen-bond acceptors (Lipinski definition) is 3. The first-order valence-electron chi connectivity index (χ1n) is 5.01. The molecule has 0 aliphatic heterocycles. The molecule has 2 rings (SSSR count). The van der Waals surface area contributed by atoms with Crippen LogP contribution in [0.15, 0.2) is 24.4 Å². The molecule has 1 aromatic heterocycles. The number of methoxy groups -OCH3 is 1. The summed E-state index contributed by atoms with van der Waals surface area (Å²) < 4.78 is 10.2. The standard InChI is InChI=1S/C12H13NO3/c1-8(16-7-14)9-6-13-10-4-3-5-11(15-2)12(9)10/h3-8,13H,1-2H3. The third-order valence-electron chi connectivity index (χ3n) is 2.62. The number of ether oxygens (including phenoxy) is 2. The number of rotatable bonds is 4. The van der Waals surface area contributed by atoms with Gasteiger partial charge in [0.1, 0.15) is 11.9 Å². The molecule has 0 bridgehead atoms. The zero-order chi connectivity index (χ0) is 11.5. The summed E-state index contributed by atoms with van der Waals surface area (Å²) in [6.07, 6.45) is 1.55. The van der Waals surface area contributed by atoms with E-state index in [9.17, 15) is 4.79 Å². The molecule has 1 unspecified atom stereocenters. The Bertz CT molecular complexity index is 504. The second-order valence-electron chi connectivity index (χ2n) is 3.50. The van der Waals surface area contributed by atoms with Crippen molar-refractivity contribution in [2.75, 3.05) is 7.11 Å². The van der Waals surface area contributed by atoms with E-state index in [1.807, 2.05) is 31.3 Å². The van der Waals surface area contributed by atoms with Crippen LogP contribution < -0.4 is 4.74 Å². The number of H-pyrrole nitrogens is 1. The molecule has 0 saturated heterocycles. The van der Waals surface area contributed by atoms with Gasteiger partial charge in [0.25, 0.3) is 6.47 Å². The molecule has 4 heteroatoms. The van der Waals surface area contributed by atoms with Gasteiger partial charge in [-0.05, 0) is 19.1 Å². The summed E-state index contributed by atoms with van der Waals surface area (Å²) in [5.74, 6) is 0.773. The summed E-state index contributed by atoms with van der Waals surface area (Å²) in [5.41, 5.74) is 1.88. The lowest BCUT2D eigenvalue weighted by atomic mass is 10.1. The number of fused-ring (bicyclic) bond motifs is 1. The van der Waals surface area contributed by atoms with Crippen molar-refractivity contribution in [1.82, 2.24) is 4.98 Å². The number of hydrogen-bond donors (Lipinski definition) is 1. The van der Waals surface area contributed by atoms with Gasteiger partial charge in [-0.2, -0.15) is 0 Å². The molecule has 2 aromatic rings. The van der Waals surface area contributed by atoms with Gasteiger partial charge >= 0.3 is 0 Å². The number of carbonyl (C=O) groups excluding carboxylic acids is 1. The van der Waals surface area contributed by atoms with Crippen molar-refractivity contribution >= 4 is 17.4 Å². The second kappa shape index (κ2) is 4.26. The lowest BCUT2D eigenvalue weighted by Crippen LogP contribution is -1.97. The Morgan fingerprint density at radius 1 is 1.44 bits per heavy atom. The lowest BCUT2D eigenvalue weighted by molar-refractivity contribution is -0.133. The van der Waals surface area contributed by atoms with Gasteiger partial charge in [-0.1, -0.05) is 6.07 Å². The number of carbonyl (C=O) groups is 1. The Balaban J connectivity index is 2.57. The maximum Gasteiger partial charge on any atom is 0.293 e. The van der Waals surface area contributed by atoms with E-state index >= 15 is 0 Å². The molecule has 0 saturated carbocycles. The summed E-state index contributed by atoms with van der Waals surface area (Å²) in [7, 11) is 1.62. The summed E-state index contributed by atoms with van der Waals surface area (Å²) in [6, 6.07) is 5.75. The van der Waals surface area contributed by atoms with E-state index in [1.165, 1.54) is 0 Å². The molecule has 84 valence electrons. The van der Waals surface area contributed by atoms with Crippen LogP contribution in [-0.2, 0) is 9.53 Å². The predicted molar refractivity (Wildman–Crippen MR) is 60.4 cm³/mol. The van der Waals surface area contributed by atoms with Crippen LogP contribution in [0.25, 0.3) is 10.9 Å². The Labute approximate surface area is 93.2 Å². The third-order valence-corrected chi connectivity index (χ3v) is 2.62. The molecule has 0 fully saturated rings. The van der Waals surface area contributed by atoms with Gasteiger partial charge in [0.2, 0.25) is 0 Å². The highest BCUT2D eigenvalue weighted by molar-refractivity contribution is 5.89. The van der Waals surface area contributed by atoms with Crippen molar-refractivity contribution < 1.29 is 14.3 Å². The number of benzene rings is 1. The maximum atomic E-state index is 10.3. The van der Waals surface area contributed by atoms with E-state index in [-0.39, 0.29) is 6.10 Å². The summed E-state index contributed by atoms with van der Waals surface area (Å²) in [6.45, 7) is 2.28. The van der Waals surface area contributed by atoms with Gasteiger partial charge in [-0.3, -0.25) is 4.79 Å². The average molecular weight is 219 g/mol. The van der Waals surface area contributed by atoms with Crippen LogP contribution in [0.3, 0.4) is 0 Å². The van der Waals surface area contributed by atoms with Gasteiger partial charge in [-0.25, -0.2) is 0 Å². The molecule has 0 aliphatic carbocycles. The first-order chi connectivity index (χ1) is 7.77. The first kappa shape index (κ1) is 10.5. The summed E-state index contributed by atoms with van der Waals surface area (Å²) in [4.78, 5) is 13.5. The topological polar surface area (TPSA) is 51.3 Å². The molecule has 0 aliphatic rings. The van der Waals surface area contributed by atoms with Crippen molar-refractivity contribution in [2.45, 2.75) is 13.0 Å². The maximum absolute atomic E-state index is 10.3. The van der Waals surface area contributed by atoms with Gasteiger partial charge in [0, 0.05) is 22.7 Å². The normalized spacial score (nSPS) is 12.4. The van der Waals surface area contributed by atoms with E-state index in [4.69, 9.17) is 9.47 Å². The van der Waals surface area contributed by atoms with Crippen molar-refractivity contribution in [2.24, 2.45) is 0 Å². The molecule has 1 N–H and O–H groups in total. The zero-order valence-electron chi connectivity index (χ0n) is 9.19. The summed E-state index contributed by atoms with van der Waals surface area (Å²) in [5, 5.41) is 0.958. The lowest BCUT2D eigenvalue weighted by Gasteiger charge is -2.10. The smallest absolute Gasteiger partial charge is 0.293 e. The number of aromatic amines is 1. The molecule has 0 radical (unpaired) electrons. The third kappa shape index (κ3) is 1.62. The zero-order valence-corrected chi connectivity index (χ0v) is 9.19.